The minimum absolute atomic E-state index is 0. The molecule has 136 valence electrons. The van der Waals surface area contributed by atoms with Crippen molar-refractivity contribution in [2.75, 3.05) is 5.32 Å². The number of rotatable bonds is 5. The molecule has 3 rings (SSSR count). The van der Waals surface area contributed by atoms with E-state index in [2.05, 4.69) is 15.5 Å². The van der Waals surface area contributed by atoms with Gasteiger partial charge in [0.05, 0.1) is 0 Å². The third kappa shape index (κ3) is 5.58. The fourth-order valence-electron chi connectivity index (χ4n) is 3.41. The summed E-state index contributed by atoms with van der Waals surface area (Å²) in [5.41, 5.74) is 8.20. The van der Waals surface area contributed by atoms with Crippen molar-refractivity contribution in [3.05, 3.63) is 47.7 Å². The van der Waals surface area contributed by atoms with E-state index in [1.807, 2.05) is 36.4 Å². The second-order valence-electron chi connectivity index (χ2n) is 6.67. The van der Waals surface area contributed by atoms with Crippen LogP contribution in [0.5, 0.6) is 0 Å². The summed E-state index contributed by atoms with van der Waals surface area (Å²) in [5, 5.41) is 10.2. The molecule has 25 heavy (non-hydrogen) atoms. The van der Waals surface area contributed by atoms with Crippen molar-refractivity contribution >= 4 is 24.1 Å². The number of halogens is 1. The fraction of sp³-hybridized carbons (Fsp3) is 0.474. The van der Waals surface area contributed by atoms with Crippen LogP contribution in [0.3, 0.4) is 0 Å². The van der Waals surface area contributed by atoms with Crippen molar-refractivity contribution in [2.24, 2.45) is 5.73 Å². The molecular formula is C19H27ClN4O. The van der Waals surface area contributed by atoms with Crippen LogP contribution < -0.4 is 11.1 Å². The maximum Gasteiger partial charge on any atom is 0.227 e. The predicted molar refractivity (Wildman–Crippen MR) is 103 cm³/mol. The molecule has 0 saturated heterocycles. The summed E-state index contributed by atoms with van der Waals surface area (Å²) < 4.78 is 0. The van der Waals surface area contributed by atoms with E-state index in [0.717, 1.165) is 11.3 Å². The standard InChI is InChI=1S/C19H26N4O.ClH/c20-16(14-8-6-3-7-9-14)12-19(24)21-18-13-17(22-23-18)15-10-4-1-2-5-11-15;/h3,6-9,13,15-16H,1-2,4-5,10-12,20H2,(H2,21,22,23,24);1H. The summed E-state index contributed by atoms with van der Waals surface area (Å²) in [6, 6.07) is 11.4. The number of nitrogens with one attached hydrogen (secondary N) is 2. The first-order valence-electron chi connectivity index (χ1n) is 8.88. The lowest BCUT2D eigenvalue weighted by molar-refractivity contribution is -0.116. The van der Waals surface area contributed by atoms with Crippen LogP contribution >= 0.6 is 12.4 Å². The normalized spacial score (nSPS) is 16.5. The summed E-state index contributed by atoms with van der Waals surface area (Å²) in [7, 11) is 0. The molecule has 6 heteroatoms. The number of anilines is 1. The van der Waals surface area contributed by atoms with Crippen molar-refractivity contribution < 1.29 is 4.79 Å². The molecule has 1 atom stereocenters. The maximum absolute atomic E-state index is 12.2. The van der Waals surface area contributed by atoms with Gasteiger partial charge in [-0.15, -0.1) is 12.4 Å². The van der Waals surface area contributed by atoms with Crippen LogP contribution in [0.1, 0.15) is 68.2 Å². The SMILES string of the molecule is Cl.NC(CC(=O)Nc1cc(C2CCCCCC2)[nH]n1)c1ccccc1. The van der Waals surface area contributed by atoms with E-state index in [1.165, 1.54) is 38.5 Å². The quantitative estimate of drug-likeness (QED) is 0.693. The van der Waals surface area contributed by atoms with E-state index in [9.17, 15) is 4.79 Å². The van der Waals surface area contributed by atoms with Gasteiger partial charge in [-0.1, -0.05) is 56.0 Å². The number of H-pyrrole nitrogens is 1. The lowest BCUT2D eigenvalue weighted by Gasteiger charge is -2.11. The summed E-state index contributed by atoms with van der Waals surface area (Å²) >= 11 is 0. The van der Waals surface area contributed by atoms with Crippen LogP contribution in [0.25, 0.3) is 0 Å². The second kappa shape index (κ2) is 9.59. The number of carbonyl (C=O) groups excluding carboxylic acids is 1. The molecular weight excluding hydrogens is 336 g/mol. The molecule has 1 fully saturated rings. The van der Waals surface area contributed by atoms with E-state index < -0.39 is 0 Å². The first-order chi connectivity index (χ1) is 11.7. The number of hydrogen-bond donors (Lipinski definition) is 3. The molecule has 0 bridgehead atoms. The lowest BCUT2D eigenvalue weighted by Crippen LogP contribution is -2.20. The molecule has 1 amide bonds. The third-order valence-electron chi connectivity index (χ3n) is 4.79. The Kier molecular flexibility index (Phi) is 7.47. The van der Waals surface area contributed by atoms with E-state index >= 15 is 0 Å². The van der Waals surface area contributed by atoms with Crippen LogP contribution in [0.15, 0.2) is 36.4 Å². The minimum Gasteiger partial charge on any atom is -0.324 e. The molecule has 5 nitrogen and oxygen atoms in total. The molecule has 1 aliphatic carbocycles. The highest BCUT2D eigenvalue weighted by atomic mass is 35.5. The summed E-state index contributed by atoms with van der Waals surface area (Å²) in [6.07, 6.45) is 7.85. The van der Waals surface area contributed by atoms with E-state index in [-0.39, 0.29) is 30.8 Å². The van der Waals surface area contributed by atoms with Crippen LogP contribution in [-0.4, -0.2) is 16.1 Å². The molecule has 0 radical (unpaired) electrons. The number of amides is 1. The third-order valence-corrected chi connectivity index (χ3v) is 4.79. The Balaban J connectivity index is 0.00000225. The Labute approximate surface area is 155 Å². The average Bonchev–Trinajstić information content (AvgIpc) is 2.88. The first-order valence-corrected chi connectivity index (χ1v) is 8.88. The Morgan fingerprint density at radius 3 is 2.56 bits per heavy atom. The maximum atomic E-state index is 12.2. The number of hydrogen-bond acceptors (Lipinski definition) is 3. The Hall–Kier alpha value is -1.85. The van der Waals surface area contributed by atoms with Gasteiger partial charge >= 0.3 is 0 Å². The van der Waals surface area contributed by atoms with Crippen molar-refractivity contribution in [1.29, 1.82) is 0 Å². The molecule has 1 unspecified atom stereocenters. The molecule has 1 saturated carbocycles. The number of benzene rings is 1. The number of nitrogens with zero attached hydrogens (tertiary/aromatic N) is 1. The van der Waals surface area contributed by atoms with Crippen LogP contribution in [-0.2, 0) is 4.79 Å². The van der Waals surface area contributed by atoms with Gasteiger partial charge in [-0.3, -0.25) is 9.89 Å². The smallest absolute Gasteiger partial charge is 0.227 e. The molecule has 0 aliphatic heterocycles. The van der Waals surface area contributed by atoms with E-state index in [1.54, 1.807) is 0 Å². The van der Waals surface area contributed by atoms with Gasteiger partial charge in [0.25, 0.3) is 0 Å². The Morgan fingerprint density at radius 2 is 1.88 bits per heavy atom. The Morgan fingerprint density at radius 1 is 1.20 bits per heavy atom. The highest BCUT2D eigenvalue weighted by molar-refractivity contribution is 5.90. The zero-order chi connectivity index (χ0) is 16.8. The van der Waals surface area contributed by atoms with Gasteiger partial charge in [-0.25, -0.2) is 0 Å². The van der Waals surface area contributed by atoms with Crippen molar-refractivity contribution in [3.63, 3.8) is 0 Å². The van der Waals surface area contributed by atoms with E-state index in [0.29, 0.717) is 11.7 Å². The largest absolute Gasteiger partial charge is 0.324 e. The van der Waals surface area contributed by atoms with Crippen molar-refractivity contribution in [1.82, 2.24) is 10.2 Å². The molecule has 1 aromatic heterocycles. The van der Waals surface area contributed by atoms with Gasteiger partial charge in [0.15, 0.2) is 5.82 Å². The van der Waals surface area contributed by atoms with Gasteiger partial charge in [-0.2, -0.15) is 5.10 Å². The van der Waals surface area contributed by atoms with Crippen molar-refractivity contribution in [3.8, 4) is 0 Å². The Bertz CT molecular complexity index is 650. The topological polar surface area (TPSA) is 83.8 Å². The zero-order valence-corrected chi connectivity index (χ0v) is 15.2. The van der Waals surface area contributed by atoms with Crippen molar-refractivity contribution in [2.45, 2.75) is 56.9 Å². The van der Waals surface area contributed by atoms with Crippen LogP contribution in [0.2, 0.25) is 0 Å². The van der Waals surface area contributed by atoms with Gasteiger partial charge in [0, 0.05) is 30.1 Å². The van der Waals surface area contributed by atoms with E-state index in [4.69, 9.17) is 5.73 Å². The second-order valence-corrected chi connectivity index (χ2v) is 6.67. The lowest BCUT2D eigenvalue weighted by atomic mass is 9.97. The minimum atomic E-state index is -0.300. The molecule has 1 aromatic carbocycles. The molecule has 4 N–H and O–H groups in total. The number of carbonyl (C=O) groups is 1. The highest BCUT2D eigenvalue weighted by Crippen LogP contribution is 2.31. The number of nitrogens with two attached hydrogens (primary N) is 1. The number of aromatic amines is 1. The molecule has 1 aliphatic rings. The zero-order valence-electron chi connectivity index (χ0n) is 14.4. The van der Waals surface area contributed by atoms with Crippen LogP contribution in [0.4, 0.5) is 5.82 Å². The van der Waals surface area contributed by atoms with Crippen LogP contribution in [0, 0.1) is 0 Å². The van der Waals surface area contributed by atoms with Gasteiger partial charge in [0.2, 0.25) is 5.91 Å². The summed E-state index contributed by atoms with van der Waals surface area (Å²) in [4.78, 5) is 12.2. The fourth-order valence-corrected chi connectivity index (χ4v) is 3.41. The summed E-state index contributed by atoms with van der Waals surface area (Å²) in [5.74, 6) is 1.03. The monoisotopic (exact) mass is 362 g/mol. The average molecular weight is 363 g/mol. The number of aromatic nitrogens is 2. The summed E-state index contributed by atoms with van der Waals surface area (Å²) in [6.45, 7) is 0. The van der Waals surface area contributed by atoms with Gasteiger partial charge < -0.3 is 11.1 Å². The molecule has 0 spiro atoms. The molecule has 1 heterocycles. The molecule has 2 aromatic rings. The van der Waals surface area contributed by atoms with Gasteiger partial charge in [0.1, 0.15) is 0 Å². The first kappa shape index (κ1) is 19.5. The van der Waals surface area contributed by atoms with Gasteiger partial charge in [-0.05, 0) is 18.4 Å². The highest BCUT2D eigenvalue weighted by Gasteiger charge is 2.18. The predicted octanol–water partition coefficient (Wildman–Crippen LogP) is 4.30.